The van der Waals surface area contributed by atoms with Gasteiger partial charge in [-0.2, -0.15) is 0 Å². The SMILES string of the molecule is NNC(=O)c1coc(CN(CC(N)=O)C2CCCC2)c1. The number of hydrogen-bond acceptors (Lipinski definition) is 5. The lowest BCUT2D eigenvalue weighted by Gasteiger charge is -2.26. The Morgan fingerprint density at radius 1 is 1.40 bits per heavy atom. The van der Waals surface area contributed by atoms with Crippen LogP contribution < -0.4 is 17.0 Å². The summed E-state index contributed by atoms with van der Waals surface area (Å²) in [7, 11) is 0. The van der Waals surface area contributed by atoms with Crippen molar-refractivity contribution in [3.8, 4) is 0 Å². The van der Waals surface area contributed by atoms with Crippen molar-refractivity contribution < 1.29 is 14.0 Å². The van der Waals surface area contributed by atoms with Crippen molar-refractivity contribution in [2.45, 2.75) is 38.3 Å². The third-order valence-electron chi connectivity index (χ3n) is 3.61. The summed E-state index contributed by atoms with van der Waals surface area (Å²) in [5.41, 5.74) is 7.71. The molecule has 0 aromatic carbocycles. The Bertz CT molecular complexity index is 480. The quantitative estimate of drug-likeness (QED) is 0.389. The van der Waals surface area contributed by atoms with E-state index in [0.717, 1.165) is 12.8 Å². The van der Waals surface area contributed by atoms with Crippen LogP contribution in [0.4, 0.5) is 0 Å². The predicted molar refractivity (Wildman–Crippen MR) is 72.2 cm³/mol. The maximum atomic E-state index is 11.4. The molecule has 7 nitrogen and oxygen atoms in total. The first-order valence-corrected chi connectivity index (χ1v) is 6.71. The highest BCUT2D eigenvalue weighted by Gasteiger charge is 2.25. The van der Waals surface area contributed by atoms with Crippen LogP contribution in [0.5, 0.6) is 0 Å². The van der Waals surface area contributed by atoms with Gasteiger partial charge in [-0.3, -0.25) is 19.9 Å². The minimum absolute atomic E-state index is 0.198. The van der Waals surface area contributed by atoms with Crippen LogP contribution in [0.2, 0.25) is 0 Å². The first-order chi connectivity index (χ1) is 9.60. The molecular formula is C13H20N4O3. The van der Waals surface area contributed by atoms with Crippen LogP contribution in [-0.2, 0) is 11.3 Å². The van der Waals surface area contributed by atoms with Crippen molar-refractivity contribution in [2.24, 2.45) is 11.6 Å². The number of nitrogen functional groups attached to an aromatic ring is 1. The molecule has 1 aromatic rings. The maximum absolute atomic E-state index is 11.4. The van der Waals surface area contributed by atoms with Crippen molar-refractivity contribution in [1.29, 1.82) is 0 Å². The number of nitrogens with zero attached hydrogens (tertiary/aromatic N) is 1. The number of primary amides is 1. The fourth-order valence-corrected chi connectivity index (χ4v) is 2.65. The van der Waals surface area contributed by atoms with Gasteiger partial charge in [-0.15, -0.1) is 0 Å². The molecule has 1 aromatic heterocycles. The van der Waals surface area contributed by atoms with Gasteiger partial charge in [0.1, 0.15) is 12.0 Å². The minimum Gasteiger partial charge on any atom is -0.467 e. The molecule has 20 heavy (non-hydrogen) atoms. The smallest absolute Gasteiger partial charge is 0.268 e. The molecule has 1 heterocycles. The van der Waals surface area contributed by atoms with Crippen LogP contribution in [0, 0.1) is 0 Å². The molecular weight excluding hydrogens is 260 g/mol. The Morgan fingerprint density at radius 2 is 2.10 bits per heavy atom. The van der Waals surface area contributed by atoms with Crippen LogP contribution in [-0.4, -0.2) is 29.3 Å². The van der Waals surface area contributed by atoms with Crippen molar-refractivity contribution in [1.82, 2.24) is 10.3 Å². The van der Waals surface area contributed by atoms with E-state index >= 15 is 0 Å². The van der Waals surface area contributed by atoms with Gasteiger partial charge in [0.05, 0.1) is 18.7 Å². The van der Waals surface area contributed by atoms with E-state index in [1.807, 2.05) is 10.3 Å². The summed E-state index contributed by atoms with van der Waals surface area (Å²) in [5, 5.41) is 0. The van der Waals surface area contributed by atoms with Gasteiger partial charge in [0.2, 0.25) is 5.91 Å². The summed E-state index contributed by atoms with van der Waals surface area (Å²) in [6, 6.07) is 1.98. The highest BCUT2D eigenvalue weighted by atomic mass is 16.3. The number of hydrogen-bond donors (Lipinski definition) is 3. The zero-order chi connectivity index (χ0) is 14.5. The van der Waals surface area contributed by atoms with Gasteiger partial charge in [0.15, 0.2) is 0 Å². The fraction of sp³-hybridized carbons (Fsp3) is 0.538. The van der Waals surface area contributed by atoms with Gasteiger partial charge in [0.25, 0.3) is 5.91 Å². The summed E-state index contributed by atoms with van der Waals surface area (Å²) in [4.78, 5) is 24.6. The molecule has 2 amide bonds. The molecule has 1 aliphatic rings. The number of nitrogens with two attached hydrogens (primary N) is 2. The van der Waals surface area contributed by atoms with Crippen molar-refractivity contribution in [3.63, 3.8) is 0 Å². The number of furan rings is 1. The first-order valence-electron chi connectivity index (χ1n) is 6.71. The normalized spacial score (nSPS) is 15.7. The van der Waals surface area contributed by atoms with Crippen molar-refractivity contribution in [2.75, 3.05) is 6.54 Å². The molecule has 1 saturated carbocycles. The van der Waals surface area contributed by atoms with E-state index in [9.17, 15) is 9.59 Å². The Labute approximate surface area is 117 Å². The molecule has 0 bridgehead atoms. The second kappa shape index (κ2) is 6.53. The third kappa shape index (κ3) is 3.58. The van der Waals surface area contributed by atoms with Gasteiger partial charge in [-0.1, -0.05) is 12.8 Å². The second-order valence-electron chi connectivity index (χ2n) is 5.08. The summed E-state index contributed by atoms with van der Waals surface area (Å²) >= 11 is 0. The lowest BCUT2D eigenvalue weighted by molar-refractivity contribution is -0.119. The highest BCUT2D eigenvalue weighted by molar-refractivity contribution is 5.93. The Balaban J connectivity index is 2.04. The van der Waals surface area contributed by atoms with E-state index in [4.69, 9.17) is 16.0 Å². The van der Waals surface area contributed by atoms with Crippen molar-refractivity contribution in [3.05, 3.63) is 23.7 Å². The largest absolute Gasteiger partial charge is 0.467 e. The zero-order valence-corrected chi connectivity index (χ0v) is 11.3. The molecule has 1 aliphatic carbocycles. The van der Waals surface area contributed by atoms with Gasteiger partial charge < -0.3 is 10.2 Å². The number of rotatable bonds is 6. The first kappa shape index (κ1) is 14.5. The highest BCUT2D eigenvalue weighted by Crippen LogP contribution is 2.25. The number of nitrogens with one attached hydrogen (secondary N) is 1. The molecule has 0 unspecified atom stereocenters. The maximum Gasteiger partial charge on any atom is 0.268 e. The second-order valence-corrected chi connectivity index (χ2v) is 5.08. The summed E-state index contributed by atoms with van der Waals surface area (Å²) in [6.07, 6.45) is 5.81. The number of carbonyl (C=O) groups excluding carboxylic acids is 2. The molecule has 5 N–H and O–H groups in total. The third-order valence-corrected chi connectivity index (χ3v) is 3.61. The molecule has 0 spiro atoms. The predicted octanol–water partition coefficient (Wildman–Crippen LogP) is 0.113. The van der Waals surface area contributed by atoms with E-state index in [1.165, 1.54) is 19.1 Å². The number of hydrazine groups is 1. The Hall–Kier alpha value is -1.86. The molecule has 0 atom stereocenters. The molecule has 2 rings (SSSR count). The average Bonchev–Trinajstić information content (AvgIpc) is 3.07. The molecule has 0 aliphatic heterocycles. The molecule has 7 heteroatoms. The van der Waals surface area contributed by atoms with E-state index in [-0.39, 0.29) is 12.5 Å². The lowest BCUT2D eigenvalue weighted by Crippen LogP contribution is -2.39. The van der Waals surface area contributed by atoms with Gasteiger partial charge >= 0.3 is 0 Å². The van der Waals surface area contributed by atoms with Crippen molar-refractivity contribution >= 4 is 11.8 Å². The minimum atomic E-state index is -0.401. The van der Waals surface area contributed by atoms with Crippen LogP contribution in [0.25, 0.3) is 0 Å². The van der Waals surface area contributed by atoms with Gasteiger partial charge in [-0.25, -0.2) is 5.84 Å². The fourth-order valence-electron chi connectivity index (χ4n) is 2.65. The topological polar surface area (TPSA) is 115 Å². The van der Waals surface area contributed by atoms with Crippen LogP contribution in [0.3, 0.4) is 0 Å². The lowest BCUT2D eigenvalue weighted by atomic mass is 10.2. The zero-order valence-electron chi connectivity index (χ0n) is 11.3. The molecule has 0 saturated heterocycles. The van der Waals surface area contributed by atoms with Gasteiger partial charge in [0, 0.05) is 6.04 Å². The standard InChI is InChI=1S/C13H20N4O3/c14-12(18)7-17(10-3-1-2-4-10)6-11-5-9(8-20-11)13(19)16-15/h5,8,10H,1-4,6-7,15H2,(H2,14,18)(H,16,19). The number of amides is 2. The summed E-state index contributed by atoms with van der Waals surface area (Å²) in [5.74, 6) is 4.93. The summed E-state index contributed by atoms with van der Waals surface area (Å²) < 4.78 is 5.35. The molecule has 110 valence electrons. The Kier molecular flexibility index (Phi) is 4.75. The Morgan fingerprint density at radius 3 is 2.70 bits per heavy atom. The number of carbonyl (C=O) groups is 2. The van der Waals surface area contributed by atoms with E-state index in [1.54, 1.807) is 6.07 Å². The molecule has 0 radical (unpaired) electrons. The monoisotopic (exact) mass is 280 g/mol. The summed E-state index contributed by atoms with van der Waals surface area (Å²) in [6.45, 7) is 0.662. The van der Waals surface area contributed by atoms with Gasteiger partial charge in [-0.05, 0) is 18.9 Å². The van der Waals surface area contributed by atoms with Crippen LogP contribution >= 0.6 is 0 Å². The van der Waals surface area contributed by atoms with Crippen LogP contribution in [0.1, 0.15) is 41.8 Å². The van der Waals surface area contributed by atoms with E-state index in [0.29, 0.717) is 23.9 Å². The average molecular weight is 280 g/mol. The van der Waals surface area contributed by atoms with E-state index in [2.05, 4.69) is 0 Å². The van der Waals surface area contributed by atoms with Crippen LogP contribution in [0.15, 0.2) is 16.7 Å². The molecule has 1 fully saturated rings. The van der Waals surface area contributed by atoms with E-state index < -0.39 is 5.91 Å².